The van der Waals surface area contributed by atoms with Gasteiger partial charge in [0, 0.05) is 12.8 Å². The first-order valence-corrected chi connectivity index (χ1v) is 5.41. The Balaban J connectivity index is 2.84. The summed E-state index contributed by atoms with van der Waals surface area (Å²) >= 11 is 0. The first kappa shape index (κ1) is 10.8. The average molecular weight is 215 g/mol. The third kappa shape index (κ3) is 2.58. The van der Waals surface area contributed by atoms with E-state index < -0.39 is 40.1 Å². The molecule has 0 radical (unpaired) electrons. The maximum Gasteiger partial charge on any atom is 0.249 e. The summed E-state index contributed by atoms with van der Waals surface area (Å²) in [6, 6.07) is 0. The summed E-state index contributed by atoms with van der Waals surface area (Å²) < 4.78 is 47.0. The number of alkyl halides is 2. The molecule has 0 amide bonds. The van der Waals surface area contributed by atoms with Gasteiger partial charge in [-0.05, 0) is 6.42 Å². The van der Waals surface area contributed by atoms with Crippen molar-refractivity contribution < 1.29 is 22.3 Å². The zero-order valence-corrected chi connectivity index (χ0v) is 7.60. The Morgan fingerprint density at radius 2 is 2.00 bits per heavy atom. The fraction of sp³-hybridized carbons (Fsp3) is 1.00. The van der Waals surface area contributed by atoms with E-state index in [0.717, 1.165) is 0 Å². The van der Waals surface area contributed by atoms with Gasteiger partial charge in [0.05, 0.1) is 6.10 Å². The molecule has 13 heavy (non-hydrogen) atoms. The first-order chi connectivity index (χ1) is 5.72. The summed E-state index contributed by atoms with van der Waals surface area (Å²) in [6.07, 6.45) is -2.86. The van der Waals surface area contributed by atoms with Crippen LogP contribution in [-0.4, -0.2) is 30.8 Å². The molecule has 0 saturated heterocycles. The van der Waals surface area contributed by atoms with Gasteiger partial charge in [0.25, 0.3) is 0 Å². The summed E-state index contributed by atoms with van der Waals surface area (Å²) in [7, 11) is -4.08. The maximum atomic E-state index is 12.7. The molecule has 1 saturated carbocycles. The molecule has 0 bridgehead atoms. The van der Waals surface area contributed by atoms with Gasteiger partial charge in [-0.15, -0.1) is 0 Å². The second kappa shape index (κ2) is 3.14. The van der Waals surface area contributed by atoms with Crippen molar-refractivity contribution in [2.75, 3.05) is 0 Å². The Kier molecular flexibility index (Phi) is 2.61. The number of hydrogen-bond donors (Lipinski definition) is 2. The molecular formula is C6H11F2NO3S. The van der Waals surface area contributed by atoms with Crippen molar-refractivity contribution in [1.29, 1.82) is 0 Å². The van der Waals surface area contributed by atoms with Crippen molar-refractivity contribution in [1.82, 2.24) is 0 Å². The average Bonchev–Trinajstić information content (AvgIpc) is 1.92. The summed E-state index contributed by atoms with van der Waals surface area (Å²) in [4.78, 5) is 0. The van der Waals surface area contributed by atoms with Crippen LogP contribution in [0, 0.1) is 0 Å². The quantitative estimate of drug-likeness (QED) is 0.637. The minimum Gasteiger partial charge on any atom is -0.392 e. The molecule has 2 atom stereocenters. The number of rotatable bonds is 1. The van der Waals surface area contributed by atoms with E-state index in [0.29, 0.717) is 0 Å². The monoisotopic (exact) mass is 215 g/mol. The minimum absolute atomic E-state index is 0.228. The second-order valence-electron chi connectivity index (χ2n) is 3.29. The predicted molar refractivity (Wildman–Crippen MR) is 41.7 cm³/mol. The molecule has 1 fully saturated rings. The van der Waals surface area contributed by atoms with Crippen LogP contribution in [0.2, 0.25) is 0 Å². The van der Waals surface area contributed by atoms with E-state index in [1.54, 1.807) is 0 Å². The molecule has 0 aliphatic heterocycles. The number of sulfonamides is 1. The van der Waals surface area contributed by atoms with Crippen LogP contribution < -0.4 is 5.14 Å². The molecule has 0 aromatic heterocycles. The fourth-order valence-corrected chi connectivity index (χ4v) is 2.46. The van der Waals surface area contributed by atoms with Crippen molar-refractivity contribution in [3.63, 3.8) is 0 Å². The molecule has 0 heterocycles. The zero-order valence-electron chi connectivity index (χ0n) is 6.78. The lowest BCUT2D eigenvalue weighted by Gasteiger charge is -2.31. The van der Waals surface area contributed by atoms with E-state index in [2.05, 4.69) is 0 Å². The predicted octanol–water partition coefficient (Wildman–Crippen LogP) is -0.176. The van der Waals surface area contributed by atoms with Gasteiger partial charge in [0.2, 0.25) is 15.9 Å². The second-order valence-corrected chi connectivity index (χ2v) is 5.08. The van der Waals surface area contributed by atoms with E-state index in [-0.39, 0.29) is 6.42 Å². The lowest BCUT2D eigenvalue weighted by atomic mass is 9.94. The van der Waals surface area contributed by atoms with Crippen molar-refractivity contribution in [2.24, 2.45) is 5.14 Å². The Morgan fingerprint density at radius 1 is 1.46 bits per heavy atom. The van der Waals surface area contributed by atoms with Gasteiger partial charge in [-0.25, -0.2) is 22.3 Å². The summed E-state index contributed by atoms with van der Waals surface area (Å²) in [6.45, 7) is 0. The normalized spacial score (nSPS) is 34.5. The van der Waals surface area contributed by atoms with Gasteiger partial charge in [-0.1, -0.05) is 0 Å². The van der Waals surface area contributed by atoms with E-state index in [4.69, 9.17) is 10.2 Å². The van der Waals surface area contributed by atoms with Gasteiger partial charge in [-0.3, -0.25) is 0 Å². The van der Waals surface area contributed by atoms with Crippen LogP contribution in [0.5, 0.6) is 0 Å². The number of aliphatic hydroxyl groups excluding tert-OH is 1. The number of halogens is 2. The molecule has 1 aliphatic rings. The molecule has 0 spiro atoms. The summed E-state index contributed by atoms with van der Waals surface area (Å²) in [5, 5.41) is 12.3. The van der Waals surface area contributed by atoms with Crippen molar-refractivity contribution in [3.8, 4) is 0 Å². The van der Waals surface area contributed by atoms with E-state index >= 15 is 0 Å². The molecule has 78 valence electrons. The Morgan fingerprint density at radius 3 is 2.38 bits per heavy atom. The summed E-state index contributed by atoms with van der Waals surface area (Å²) in [5.41, 5.74) is 0. The highest BCUT2D eigenvalue weighted by molar-refractivity contribution is 7.89. The van der Waals surface area contributed by atoms with Crippen molar-refractivity contribution >= 4 is 10.0 Å². The zero-order chi connectivity index (χ0) is 10.3. The molecule has 0 aromatic carbocycles. The van der Waals surface area contributed by atoms with Crippen LogP contribution in [0.25, 0.3) is 0 Å². The highest BCUT2D eigenvalue weighted by Gasteiger charge is 2.45. The van der Waals surface area contributed by atoms with Crippen molar-refractivity contribution in [2.45, 2.75) is 36.5 Å². The third-order valence-corrected chi connectivity index (χ3v) is 3.48. The molecule has 4 nitrogen and oxygen atoms in total. The van der Waals surface area contributed by atoms with Crippen LogP contribution in [0.3, 0.4) is 0 Å². The summed E-state index contributed by atoms with van der Waals surface area (Å²) in [5.74, 6) is -3.03. The molecule has 2 unspecified atom stereocenters. The van der Waals surface area contributed by atoms with Gasteiger partial charge < -0.3 is 5.11 Å². The highest BCUT2D eigenvalue weighted by Crippen LogP contribution is 2.35. The van der Waals surface area contributed by atoms with Crippen LogP contribution in [-0.2, 0) is 10.0 Å². The number of aliphatic hydroxyl groups is 1. The number of nitrogens with two attached hydrogens (primary N) is 1. The van der Waals surface area contributed by atoms with Gasteiger partial charge in [0.1, 0.15) is 5.25 Å². The van der Waals surface area contributed by atoms with Gasteiger partial charge in [-0.2, -0.15) is 0 Å². The number of hydrogen-bond acceptors (Lipinski definition) is 3. The SMILES string of the molecule is NS(=O)(=O)C1CC(F)(F)CCC1O. The highest BCUT2D eigenvalue weighted by atomic mass is 32.2. The molecule has 7 heteroatoms. The van der Waals surface area contributed by atoms with E-state index in [1.165, 1.54) is 0 Å². The number of primary sulfonamides is 1. The molecule has 0 aromatic rings. The van der Waals surface area contributed by atoms with Crippen LogP contribution in [0.4, 0.5) is 8.78 Å². The molecule has 1 aliphatic carbocycles. The van der Waals surface area contributed by atoms with E-state index in [1.807, 2.05) is 0 Å². The van der Waals surface area contributed by atoms with Crippen LogP contribution in [0.15, 0.2) is 0 Å². The lowest BCUT2D eigenvalue weighted by Crippen LogP contribution is -2.46. The topological polar surface area (TPSA) is 80.4 Å². The third-order valence-electron chi connectivity index (χ3n) is 2.16. The van der Waals surface area contributed by atoms with Gasteiger partial charge in [0.15, 0.2) is 0 Å². The fourth-order valence-electron chi connectivity index (χ4n) is 1.41. The maximum absolute atomic E-state index is 12.7. The largest absolute Gasteiger partial charge is 0.392 e. The smallest absolute Gasteiger partial charge is 0.249 e. The Labute approximate surface area is 74.8 Å². The van der Waals surface area contributed by atoms with Crippen LogP contribution >= 0.6 is 0 Å². The van der Waals surface area contributed by atoms with Gasteiger partial charge >= 0.3 is 0 Å². The standard InChI is InChI=1S/C6H11F2NO3S/c7-6(8)2-1-4(10)5(3-6)13(9,11)12/h4-5,10H,1-3H2,(H2,9,11,12). The molecule has 3 N–H and O–H groups in total. The first-order valence-electron chi connectivity index (χ1n) is 3.80. The Hall–Kier alpha value is -0.270. The molecular weight excluding hydrogens is 204 g/mol. The van der Waals surface area contributed by atoms with E-state index in [9.17, 15) is 17.2 Å². The lowest BCUT2D eigenvalue weighted by molar-refractivity contribution is -0.0608. The minimum atomic E-state index is -4.08. The molecule has 1 rings (SSSR count). The van der Waals surface area contributed by atoms with Crippen molar-refractivity contribution in [3.05, 3.63) is 0 Å². The van der Waals surface area contributed by atoms with Crippen LogP contribution in [0.1, 0.15) is 19.3 Å². The Bertz CT molecular complexity index is 290.